The number of aliphatic hydroxyl groups is 2. The quantitative estimate of drug-likeness (QED) is 0.571. The fourth-order valence-electron chi connectivity index (χ4n) is 0. The molecule has 0 aromatic heterocycles. The molecule has 0 aromatic carbocycles. The van der Waals surface area contributed by atoms with Crippen LogP contribution < -0.4 is 0 Å². The van der Waals surface area contributed by atoms with Gasteiger partial charge in [-0.15, -0.1) is 0 Å². The Kier molecular flexibility index (Phi) is 14.2. The molecule has 0 saturated carbocycles. The number of halogens is 2. The summed E-state index contributed by atoms with van der Waals surface area (Å²) in [6, 6.07) is 0. The first-order valence-electron chi connectivity index (χ1n) is 1.88. The molecule has 9 heavy (non-hydrogen) atoms. The second-order valence-electron chi connectivity index (χ2n) is 0.762. The van der Waals surface area contributed by atoms with E-state index in [2.05, 4.69) is 27.8 Å². The van der Waals surface area contributed by atoms with Gasteiger partial charge in [-0.3, -0.25) is 0 Å². The molecule has 0 rings (SSSR count). The summed E-state index contributed by atoms with van der Waals surface area (Å²) >= 11 is 8.82. The summed E-state index contributed by atoms with van der Waals surface area (Å²) in [6.45, 7) is -0.250. The molecule has 0 heterocycles. The highest BCUT2D eigenvalue weighted by atomic mass is 35.5. The maximum atomic E-state index is 9.22. The summed E-state index contributed by atoms with van der Waals surface area (Å²) in [5, 5.41) is 15.2. The van der Waals surface area contributed by atoms with Gasteiger partial charge in [0.1, 0.15) is 11.9 Å². The minimum atomic E-state index is -1.01. The number of hydrogen-bond acceptors (Lipinski definition) is 4. The van der Waals surface area contributed by atoms with Crippen LogP contribution in [0.3, 0.4) is 0 Å². The minimum absolute atomic E-state index is 0.125. The summed E-state index contributed by atoms with van der Waals surface area (Å²) < 4.78 is 3.35. The Labute approximate surface area is 62.1 Å². The van der Waals surface area contributed by atoms with Crippen LogP contribution in [0.5, 0.6) is 0 Å². The van der Waals surface area contributed by atoms with Crippen LogP contribution in [-0.4, -0.2) is 28.9 Å². The van der Waals surface area contributed by atoms with E-state index in [1.165, 1.54) is 0 Å². The molecule has 6 heteroatoms. The molecular weight excluding hydrogens is 171 g/mol. The predicted molar refractivity (Wildman–Crippen MR) is 32.4 cm³/mol. The Morgan fingerprint density at radius 1 is 1.44 bits per heavy atom. The predicted octanol–water partition coefficient (Wildman–Crippen LogP) is 0.487. The molecule has 0 bridgehead atoms. The summed E-state index contributed by atoms with van der Waals surface area (Å²) in [5.74, 6) is 0. The smallest absolute Gasteiger partial charge is 0.394 e. The van der Waals surface area contributed by atoms with Crippen molar-refractivity contribution in [1.82, 2.24) is 0 Å². The molecular formula is C3H6Cl2O4. The van der Waals surface area contributed by atoms with Crippen LogP contribution >= 0.6 is 23.5 Å². The highest BCUT2D eigenvalue weighted by Gasteiger charge is 1.84. The van der Waals surface area contributed by atoms with E-state index in [-0.39, 0.29) is 13.2 Å². The molecule has 0 aromatic rings. The van der Waals surface area contributed by atoms with E-state index in [9.17, 15) is 4.79 Å². The zero-order valence-corrected chi connectivity index (χ0v) is 5.89. The van der Waals surface area contributed by atoms with Gasteiger partial charge in [0.05, 0.1) is 13.2 Å². The number of hydrogen-bond donors (Lipinski definition) is 2. The minimum Gasteiger partial charge on any atom is -0.394 e. The van der Waals surface area contributed by atoms with Gasteiger partial charge in [-0.1, -0.05) is 0 Å². The second kappa shape index (κ2) is 10.9. The van der Waals surface area contributed by atoms with E-state index in [0.29, 0.717) is 0 Å². The Morgan fingerprint density at radius 3 is 1.67 bits per heavy atom. The molecule has 0 saturated heterocycles. The molecule has 0 amide bonds. The van der Waals surface area contributed by atoms with Gasteiger partial charge >= 0.3 is 5.43 Å². The molecule has 2 N–H and O–H groups in total. The van der Waals surface area contributed by atoms with E-state index in [1.54, 1.807) is 0 Å². The Hall–Kier alpha value is -0.0300. The Morgan fingerprint density at radius 2 is 1.67 bits per heavy atom. The maximum absolute atomic E-state index is 9.22. The van der Waals surface area contributed by atoms with Crippen LogP contribution in [0, 0.1) is 0 Å². The third-order valence-electron chi connectivity index (χ3n) is 0.161. The summed E-state index contributed by atoms with van der Waals surface area (Å²) in [6.07, 6.45) is 0. The zero-order chi connectivity index (χ0) is 7.70. The van der Waals surface area contributed by atoms with Crippen LogP contribution in [0.4, 0.5) is 4.79 Å². The van der Waals surface area contributed by atoms with E-state index in [4.69, 9.17) is 10.2 Å². The van der Waals surface area contributed by atoms with Gasteiger partial charge in [0, 0.05) is 11.6 Å². The molecule has 0 aliphatic carbocycles. The van der Waals surface area contributed by atoms with Crippen molar-refractivity contribution in [3.63, 3.8) is 0 Å². The average Bonchev–Trinajstić information content (AvgIpc) is 1.89. The average molecular weight is 177 g/mol. The first-order chi connectivity index (χ1) is 4.18. The van der Waals surface area contributed by atoms with Crippen molar-refractivity contribution in [1.29, 1.82) is 0 Å². The monoisotopic (exact) mass is 176 g/mol. The highest BCUT2D eigenvalue weighted by molar-refractivity contribution is 6.62. The van der Waals surface area contributed by atoms with Crippen LogP contribution in [0.2, 0.25) is 0 Å². The van der Waals surface area contributed by atoms with Crippen molar-refractivity contribution in [2.45, 2.75) is 0 Å². The van der Waals surface area contributed by atoms with Crippen molar-refractivity contribution in [2.24, 2.45) is 0 Å². The van der Waals surface area contributed by atoms with Crippen molar-refractivity contribution >= 4 is 28.9 Å². The molecule has 0 spiro atoms. The normalized spacial score (nSPS) is 7.11. The number of carbonyl (C=O) groups is 1. The zero-order valence-electron chi connectivity index (χ0n) is 4.38. The topological polar surface area (TPSA) is 66.8 Å². The van der Waals surface area contributed by atoms with E-state index >= 15 is 0 Å². The largest absolute Gasteiger partial charge is 0.421 e. The van der Waals surface area contributed by atoms with Crippen LogP contribution in [-0.2, 0) is 4.29 Å². The molecule has 56 valence electrons. The lowest BCUT2D eigenvalue weighted by atomic mass is 10.8. The van der Waals surface area contributed by atoms with Gasteiger partial charge in [0.2, 0.25) is 0 Å². The molecule has 0 fully saturated rings. The van der Waals surface area contributed by atoms with Crippen molar-refractivity contribution in [3.05, 3.63) is 0 Å². The summed E-state index contributed by atoms with van der Waals surface area (Å²) in [5.41, 5.74) is -1.01. The van der Waals surface area contributed by atoms with Gasteiger partial charge < -0.3 is 14.5 Å². The molecule has 0 unspecified atom stereocenters. The van der Waals surface area contributed by atoms with Gasteiger partial charge in [-0.05, 0) is 0 Å². The van der Waals surface area contributed by atoms with Crippen LogP contribution in [0.25, 0.3) is 0 Å². The standard InChI is InChI=1S/C2H6O2.CCl2O2/c3-1-2-4;2-1(4)5-3/h3-4H,1-2H2;. The molecule has 0 radical (unpaired) electrons. The Balaban J connectivity index is 0. The fraction of sp³-hybridized carbons (Fsp3) is 0.667. The highest BCUT2D eigenvalue weighted by Crippen LogP contribution is 1.87. The number of rotatable bonds is 1. The van der Waals surface area contributed by atoms with E-state index in [1.807, 2.05) is 0 Å². The van der Waals surface area contributed by atoms with Crippen LogP contribution in [0.1, 0.15) is 0 Å². The summed E-state index contributed by atoms with van der Waals surface area (Å²) in [4.78, 5) is 9.22. The van der Waals surface area contributed by atoms with Crippen molar-refractivity contribution in [2.75, 3.05) is 13.2 Å². The van der Waals surface area contributed by atoms with Gasteiger partial charge in [0.25, 0.3) is 0 Å². The lowest BCUT2D eigenvalue weighted by Gasteiger charge is -1.71. The first kappa shape index (κ1) is 11.7. The second-order valence-corrected chi connectivity index (χ2v) is 1.22. The summed E-state index contributed by atoms with van der Waals surface area (Å²) in [7, 11) is 0. The third-order valence-corrected chi connectivity index (χ3v) is 0.457. The SMILES string of the molecule is O=C(Cl)OCl.OCCO. The molecule has 0 aliphatic rings. The van der Waals surface area contributed by atoms with Gasteiger partial charge in [-0.25, -0.2) is 4.79 Å². The number of aliphatic hydroxyl groups excluding tert-OH is 2. The van der Waals surface area contributed by atoms with Crippen molar-refractivity contribution < 1.29 is 19.3 Å². The molecule has 0 aliphatic heterocycles. The van der Waals surface area contributed by atoms with Gasteiger partial charge in [-0.2, -0.15) is 0 Å². The Bertz CT molecular complexity index is 64.8. The van der Waals surface area contributed by atoms with E-state index < -0.39 is 5.43 Å². The lowest BCUT2D eigenvalue weighted by molar-refractivity contribution is 0.186. The molecule has 4 nitrogen and oxygen atoms in total. The maximum Gasteiger partial charge on any atom is 0.421 e. The number of carbonyl (C=O) groups excluding carboxylic acids is 1. The fourth-order valence-corrected chi connectivity index (χ4v) is 0. The first-order valence-corrected chi connectivity index (χ1v) is 2.57. The third kappa shape index (κ3) is 32.2. The van der Waals surface area contributed by atoms with Gasteiger partial charge in [0.15, 0.2) is 0 Å². The van der Waals surface area contributed by atoms with Crippen molar-refractivity contribution in [3.8, 4) is 0 Å². The van der Waals surface area contributed by atoms with E-state index in [0.717, 1.165) is 0 Å². The lowest BCUT2D eigenvalue weighted by Crippen LogP contribution is -1.85. The molecule has 0 atom stereocenters. The van der Waals surface area contributed by atoms with Crippen LogP contribution in [0.15, 0.2) is 0 Å².